The van der Waals surface area contributed by atoms with Crippen molar-refractivity contribution in [2.45, 2.75) is 19.8 Å². The van der Waals surface area contributed by atoms with Gasteiger partial charge in [0.15, 0.2) is 0 Å². The molecule has 0 aliphatic carbocycles. The molecule has 0 saturated carbocycles. The summed E-state index contributed by atoms with van der Waals surface area (Å²) in [5.41, 5.74) is 0.306. The first-order valence-corrected chi connectivity index (χ1v) is 5.71. The number of unbranched alkanes of at least 4 members (excludes halogenated alkanes) is 1. The van der Waals surface area contributed by atoms with E-state index in [-0.39, 0.29) is 11.7 Å². The van der Waals surface area contributed by atoms with Gasteiger partial charge in [-0.2, -0.15) is 0 Å². The molecule has 1 amide bonds. The van der Waals surface area contributed by atoms with E-state index in [0.717, 1.165) is 17.3 Å². The Morgan fingerprint density at radius 2 is 2.27 bits per heavy atom. The molecule has 0 radical (unpaired) electrons. The van der Waals surface area contributed by atoms with Gasteiger partial charge in [0, 0.05) is 11.0 Å². The van der Waals surface area contributed by atoms with E-state index in [1.807, 2.05) is 0 Å². The van der Waals surface area contributed by atoms with Crippen LogP contribution in [0, 0.1) is 0 Å². The predicted octanol–water partition coefficient (Wildman–Crippen LogP) is 2.68. The zero-order valence-corrected chi connectivity index (χ0v) is 10.2. The molecular formula is C11H14BrNO2. The van der Waals surface area contributed by atoms with Crippen molar-refractivity contribution in [2.75, 3.05) is 6.54 Å². The highest BCUT2D eigenvalue weighted by Gasteiger charge is 2.10. The third-order valence-corrected chi connectivity index (χ3v) is 2.51. The van der Waals surface area contributed by atoms with Crippen LogP contribution in [0.15, 0.2) is 22.7 Å². The minimum absolute atomic E-state index is 0.00667. The second-order valence-electron chi connectivity index (χ2n) is 3.27. The van der Waals surface area contributed by atoms with Crippen molar-refractivity contribution in [3.63, 3.8) is 0 Å². The van der Waals surface area contributed by atoms with Crippen LogP contribution in [0.5, 0.6) is 5.75 Å². The first-order chi connectivity index (χ1) is 7.15. The topological polar surface area (TPSA) is 49.3 Å². The normalized spacial score (nSPS) is 10.0. The third kappa shape index (κ3) is 3.55. The number of phenols is 1. The van der Waals surface area contributed by atoms with Crippen molar-refractivity contribution in [3.05, 3.63) is 28.2 Å². The number of hydrogen-bond acceptors (Lipinski definition) is 2. The average molecular weight is 272 g/mol. The Kier molecular flexibility index (Phi) is 4.62. The molecule has 0 aliphatic rings. The van der Waals surface area contributed by atoms with Gasteiger partial charge in [-0.05, 0) is 24.6 Å². The molecule has 1 rings (SSSR count). The number of carbonyl (C=O) groups excluding carboxylic acids is 1. The van der Waals surface area contributed by atoms with Gasteiger partial charge in [-0.1, -0.05) is 29.3 Å². The zero-order chi connectivity index (χ0) is 11.3. The monoisotopic (exact) mass is 271 g/mol. The van der Waals surface area contributed by atoms with Gasteiger partial charge < -0.3 is 10.4 Å². The number of carbonyl (C=O) groups is 1. The van der Waals surface area contributed by atoms with Crippen molar-refractivity contribution >= 4 is 21.8 Å². The Morgan fingerprint density at radius 1 is 1.53 bits per heavy atom. The lowest BCUT2D eigenvalue weighted by Crippen LogP contribution is -2.24. The van der Waals surface area contributed by atoms with E-state index in [1.165, 1.54) is 6.07 Å². The van der Waals surface area contributed by atoms with Gasteiger partial charge >= 0.3 is 0 Å². The quantitative estimate of drug-likeness (QED) is 0.828. The van der Waals surface area contributed by atoms with Gasteiger partial charge in [-0.3, -0.25) is 4.79 Å². The Labute approximate surface area is 97.6 Å². The summed E-state index contributed by atoms with van der Waals surface area (Å²) in [6, 6.07) is 4.80. The van der Waals surface area contributed by atoms with Gasteiger partial charge in [0.05, 0.1) is 5.56 Å². The number of aromatic hydroxyl groups is 1. The van der Waals surface area contributed by atoms with E-state index < -0.39 is 0 Å². The molecule has 1 aromatic rings. The summed E-state index contributed by atoms with van der Waals surface area (Å²) in [6.45, 7) is 2.70. The molecule has 15 heavy (non-hydrogen) atoms. The molecule has 0 bridgehead atoms. The van der Waals surface area contributed by atoms with Gasteiger partial charge in [0.25, 0.3) is 5.91 Å². The molecule has 0 saturated heterocycles. The number of halogens is 1. The molecule has 3 nitrogen and oxygen atoms in total. The molecule has 1 aromatic carbocycles. The second-order valence-corrected chi connectivity index (χ2v) is 4.19. The van der Waals surface area contributed by atoms with Crippen LogP contribution in [-0.2, 0) is 0 Å². The number of nitrogens with one attached hydrogen (secondary N) is 1. The maximum Gasteiger partial charge on any atom is 0.255 e. The van der Waals surface area contributed by atoms with Crippen LogP contribution >= 0.6 is 15.9 Å². The highest BCUT2D eigenvalue weighted by atomic mass is 79.9. The number of phenolic OH excluding ortho intramolecular Hbond substituents is 1. The summed E-state index contributed by atoms with van der Waals surface area (Å²) >= 11 is 3.26. The van der Waals surface area contributed by atoms with Gasteiger partial charge in [0.2, 0.25) is 0 Å². The zero-order valence-electron chi connectivity index (χ0n) is 8.59. The van der Waals surface area contributed by atoms with Crippen LogP contribution in [0.2, 0.25) is 0 Å². The van der Waals surface area contributed by atoms with Crippen molar-refractivity contribution in [2.24, 2.45) is 0 Å². The standard InChI is InChI=1S/C11H14BrNO2/c1-2-3-6-13-11(15)9-7-8(12)4-5-10(9)14/h4-5,7,14H,2-3,6H2,1H3,(H,13,15). The highest BCUT2D eigenvalue weighted by Crippen LogP contribution is 2.21. The molecule has 0 fully saturated rings. The fraction of sp³-hybridized carbons (Fsp3) is 0.364. The maximum absolute atomic E-state index is 11.6. The number of rotatable bonds is 4. The maximum atomic E-state index is 11.6. The summed E-state index contributed by atoms with van der Waals surface area (Å²) in [4.78, 5) is 11.6. The van der Waals surface area contributed by atoms with Crippen LogP contribution in [-0.4, -0.2) is 17.6 Å². The second kappa shape index (κ2) is 5.75. The van der Waals surface area contributed by atoms with Crippen LogP contribution in [0.3, 0.4) is 0 Å². The molecule has 0 heterocycles. The molecule has 0 unspecified atom stereocenters. The van der Waals surface area contributed by atoms with Crippen LogP contribution in [0.4, 0.5) is 0 Å². The Morgan fingerprint density at radius 3 is 2.93 bits per heavy atom. The summed E-state index contributed by atoms with van der Waals surface area (Å²) in [5, 5.41) is 12.2. The van der Waals surface area contributed by atoms with Crippen LogP contribution in [0.25, 0.3) is 0 Å². The predicted molar refractivity (Wildman–Crippen MR) is 63.0 cm³/mol. The molecular weight excluding hydrogens is 258 g/mol. The third-order valence-electron chi connectivity index (χ3n) is 2.02. The SMILES string of the molecule is CCCCNC(=O)c1cc(Br)ccc1O. The minimum Gasteiger partial charge on any atom is -0.507 e. The molecule has 82 valence electrons. The molecule has 0 aliphatic heterocycles. The van der Waals surface area contributed by atoms with Gasteiger partial charge in [-0.15, -0.1) is 0 Å². The van der Waals surface area contributed by atoms with Crippen LogP contribution in [0.1, 0.15) is 30.1 Å². The minimum atomic E-state index is -0.234. The largest absolute Gasteiger partial charge is 0.507 e. The van der Waals surface area contributed by atoms with Crippen molar-refractivity contribution < 1.29 is 9.90 Å². The smallest absolute Gasteiger partial charge is 0.255 e. The summed E-state index contributed by atoms with van der Waals surface area (Å²) in [7, 11) is 0. The first kappa shape index (κ1) is 12.0. The Hall–Kier alpha value is -1.03. The molecule has 0 aromatic heterocycles. The molecule has 2 N–H and O–H groups in total. The van der Waals surface area contributed by atoms with Gasteiger partial charge in [-0.25, -0.2) is 0 Å². The lowest BCUT2D eigenvalue weighted by molar-refractivity contribution is 0.0950. The van der Waals surface area contributed by atoms with E-state index in [1.54, 1.807) is 12.1 Å². The molecule has 4 heteroatoms. The lowest BCUT2D eigenvalue weighted by Gasteiger charge is -2.06. The van der Waals surface area contributed by atoms with E-state index in [9.17, 15) is 9.90 Å². The van der Waals surface area contributed by atoms with E-state index in [4.69, 9.17) is 0 Å². The summed E-state index contributed by atoms with van der Waals surface area (Å²) in [6.07, 6.45) is 1.98. The van der Waals surface area contributed by atoms with E-state index in [0.29, 0.717) is 12.1 Å². The Bertz CT molecular complexity index is 352. The fourth-order valence-electron chi connectivity index (χ4n) is 1.16. The summed E-state index contributed by atoms with van der Waals surface area (Å²) < 4.78 is 0.779. The van der Waals surface area contributed by atoms with Crippen molar-refractivity contribution in [3.8, 4) is 5.75 Å². The van der Waals surface area contributed by atoms with Crippen molar-refractivity contribution in [1.29, 1.82) is 0 Å². The van der Waals surface area contributed by atoms with Crippen molar-refractivity contribution in [1.82, 2.24) is 5.32 Å². The number of amides is 1. The highest BCUT2D eigenvalue weighted by molar-refractivity contribution is 9.10. The number of hydrogen-bond donors (Lipinski definition) is 2. The Balaban J connectivity index is 2.68. The average Bonchev–Trinajstić information content (AvgIpc) is 2.22. The van der Waals surface area contributed by atoms with E-state index >= 15 is 0 Å². The fourth-order valence-corrected chi connectivity index (χ4v) is 1.53. The van der Waals surface area contributed by atoms with Crippen LogP contribution < -0.4 is 5.32 Å². The van der Waals surface area contributed by atoms with Gasteiger partial charge in [0.1, 0.15) is 5.75 Å². The summed E-state index contributed by atoms with van der Waals surface area (Å²) in [5.74, 6) is -0.227. The first-order valence-electron chi connectivity index (χ1n) is 4.92. The number of benzene rings is 1. The lowest BCUT2D eigenvalue weighted by atomic mass is 10.2. The van der Waals surface area contributed by atoms with E-state index in [2.05, 4.69) is 28.2 Å². The molecule has 0 spiro atoms. The molecule has 0 atom stereocenters.